The number of nitrogen functional groups attached to an aromatic ring is 3. The van der Waals surface area contributed by atoms with Gasteiger partial charge in [-0.3, -0.25) is 24.2 Å². The number of hydrogen-bond donors (Lipinski definition) is 9. The number of ether oxygens (including phenoxy) is 6. The molecule has 0 bridgehead atoms. The van der Waals surface area contributed by atoms with Crippen LogP contribution in [0.5, 0.6) is 0 Å². The highest BCUT2D eigenvalue weighted by Gasteiger charge is 2.48. The minimum atomic E-state index is -3.81. The smallest absolute Gasteiger partial charge is 0.321 e. The van der Waals surface area contributed by atoms with E-state index in [1.165, 1.54) is 50.4 Å². The first-order chi connectivity index (χ1) is 33.2. The number of imidazole rings is 3. The number of rotatable bonds is 13. The number of methoxy groups -OCH3 is 3. The number of carbonyl (C=O) groups excluding carboxylic acids is 2. The summed E-state index contributed by atoms with van der Waals surface area (Å²) in [6.45, 7) is -0.154. The number of fused-ring (bicyclic) bond motifs is 3. The number of aromatic nitrogens is 12. The summed E-state index contributed by atoms with van der Waals surface area (Å²) in [6, 6.07) is 0. The molecule has 3 aliphatic heterocycles. The van der Waals surface area contributed by atoms with Crippen molar-refractivity contribution in [1.82, 2.24) is 58.6 Å². The Balaban J connectivity index is 0.000000188. The van der Waals surface area contributed by atoms with Crippen molar-refractivity contribution in [2.24, 2.45) is 0 Å². The molecule has 9 heterocycles. The maximum absolute atomic E-state index is 10.0. The van der Waals surface area contributed by atoms with Gasteiger partial charge in [0.25, 0.3) is 0 Å². The summed E-state index contributed by atoms with van der Waals surface area (Å²) in [6.07, 6.45) is 1.67. The molecule has 3 fully saturated rings. The molecule has 12 N–H and O–H groups in total. The van der Waals surface area contributed by atoms with Crippen molar-refractivity contribution in [2.75, 3.05) is 58.4 Å². The Kier molecular flexibility index (Phi) is 19.6. The Morgan fingerprint density at radius 2 is 1.07 bits per heavy atom. The van der Waals surface area contributed by atoms with Gasteiger partial charge in [-0.2, -0.15) is 0 Å². The van der Waals surface area contributed by atoms with Crippen molar-refractivity contribution >= 4 is 83.0 Å². The van der Waals surface area contributed by atoms with E-state index in [1.54, 1.807) is 22.6 Å². The van der Waals surface area contributed by atoms with E-state index in [1.807, 2.05) is 13.6 Å². The standard InChI is InChI=1S/C12H18N5O6PS.C11H15N5O4.C10H13N5O5.2CH2O/c1-20-8-6(3-22-24(18,19)25)23-12(9(8)21-2)17-5-16-7-10(13)14-4-15-11(7)17;1-18-7-2-6(3-19-17)20-11(7)16-5-15-8-9(12)13-4-14-10(8)16;11-8-5-9(13-2-12-8)15(3-14-5)10-7(17)6(16)4(20-10)1-19-18;2*1-2/h4-6,8-9,12H,3H2,1-2H3,(H2,13,14,15)(H2,18,19,25);4-7,11,17H,2-3H2,1H3,(H2,12,13,14);2-4,6-7,10,16-18H,1H2,(H2,11,12,13);2*1H2. The molecular weight excluding hydrogens is 966 g/mol. The molecule has 3 saturated heterocycles. The van der Waals surface area contributed by atoms with Gasteiger partial charge in [0.15, 0.2) is 53.1 Å². The number of nitrogens with zero attached hydrogens (tertiary/aromatic N) is 12. The molecule has 9 rings (SSSR count). The molecule has 32 nitrogen and oxygen atoms in total. The van der Waals surface area contributed by atoms with Crippen LogP contribution in [-0.2, 0) is 64.1 Å². The van der Waals surface area contributed by atoms with Crippen molar-refractivity contribution in [1.29, 1.82) is 0 Å². The van der Waals surface area contributed by atoms with Crippen LogP contribution in [0.15, 0.2) is 38.0 Å². The fourth-order valence-corrected chi connectivity index (χ4v) is 8.00. The number of aliphatic hydroxyl groups is 2. The highest BCUT2D eigenvalue weighted by molar-refractivity contribution is 8.06. The van der Waals surface area contributed by atoms with Gasteiger partial charge < -0.3 is 79.7 Å². The van der Waals surface area contributed by atoms with E-state index in [2.05, 4.69) is 66.4 Å². The zero-order valence-corrected chi connectivity index (χ0v) is 38.4. The van der Waals surface area contributed by atoms with E-state index in [4.69, 9.17) is 70.2 Å². The van der Waals surface area contributed by atoms with Crippen molar-refractivity contribution in [3.63, 3.8) is 0 Å². The molecule has 11 unspecified atom stereocenters. The monoisotopic (exact) mass is 1020 g/mol. The average molecular weight is 1020 g/mol. The zero-order chi connectivity index (χ0) is 50.6. The lowest BCUT2D eigenvalue weighted by atomic mass is 10.1. The second-order valence-corrected chi connectivity index (χ2v) is 17.0. The van der Waals surface area contributed by atoms with Gasteiger partial charge >= 0.3 is 6.72 Å². The zero-order valence-electron chi connectivity index (χ0n) is 36.7. The fraction of sp³-hybridized carbons (Fsp3) is 0.514. The van der Waals surface area contributed by atoms with Gasteiger partial charge in [-0.1, -0.05) is 0 Å². The molecule has 0 aromatic carbocycles. The quantitative estimate of drug-likeness (QED) is 0.0340. The first-order valence-corrected chi connectivity index (χ1v) is 22.4. The van der Waals surface area contributed by atoms with Gasteiger partial charge in [0.05, 0.1) is 31.7 Å². The summed E-state index contributed by atoms with van der Waals surface area (Å²) < 4.78 is 43.4. The van der Waals surface area contributed by atoms with Crippen LogP contribution in [0.25, 0.3) is 33.5 Å². The van der Waals surface area contributed by atoms with Crippen LogP contribution < -0.4 is 17.2 Å². The third kappa shape index (κ3) is 12.1. The van der Waals surface area contributed by atoms with Crippen molar-refractivity contribution < 1.29 is 82.8 Å². The summed E-state index contributed by atoms with van der Waals surface area (Å²) in [5.74, 6) is 0.771. The van der Waals surface area contributed by atoms with Gasteiger partial charge in [-0.05, 0) is 11.8 Å². The predicted octanol–water partition coefficient (Wildman–Crippen LogP) is -2.09. The molecule has 11 atom stereocenters. The molecular formula is C35H50N15O17PS. The lowest BCUT2D eigenvalue weighted by Crippen LogP contribution is -2.36. The summed E-state index contributed by atoms with van der Waals surface area (Å²) in [7, 11) is 4.61. The van der Waals surface area contributed by atoms with E-state index >= 15 is 0 Å². The van der Waals surface area contributed by atoms with Gasteiger partial charge in [-0.15, -0.1) is 0 Å². The van der Waals surface area contributed by atoms with Crippen LogP contribution in [0.2, 0.25) is 0 Å². The minimum Gasteiger partial charge on any atom is -0.387 e. The Bertz CT molecular complexity index is 2530. The van der Waals surface area contributed by atoms with E-state index in [-0.39, 0.29) is 43.7 Å². The second kappa shape index (κ2) is 24.8. The van der Waals surface area contributed by atoms with Crippen LogP contribution in [0.4, 0.5) is 17.5 Å². The summed E-state index contributed by atoms with van der Waals surface area (Å²) in [4.78, 5) is 79.1. The largest absolute Gasteiger partial charge is 0.387 e. The number of anilines is 3. The molecule has 0 aliphatic carbocycles. The maximum Gasteiger partial charge on any atom is 0.321 e. The Labute approximate surface area is 393 Å². The second-order valence-electron chi connectivity index (χ2n) is 14.3. The lowest BCUT2D eigenvalue weighted by Gasteiger charge is -2.22. The third-order valence-electron chi connectivity index (χ3n) is 10.5. The molecule has 378 valence electrons. The first-order valence-electron chi connectivity index (χ1n) is 19.7. The molecule has 34 heteroatoms. The van der Waals surface area contributed by atoms with E-state index < -0.39 is 62.0 Å². The van der Waals surface area contributed by atoms with Crippen molar-refractivity contribution in [3.8, 4) is 0 Å². The number of carbonyl (C=O) groups is 2. The first kappa shape index (κ1) is 54.4. The number of nitrogens with two attached hydrogens (primary N) is 3. The van der Waals surface area contributed by atoms with Crippen LogP contribution in [0, 0.1) is 0 Å². The van der Waals surface area contributed by atoms with Gasteiger partial charge in [0, 0.05) is 27.8 Å². The molecule has 0 radical (unpaired) electrons. The highest BCUT2D eigenvalue weighted by Crippen LogP contribution is 2.41. The molecule has 6 aromatic heterocycles. The number of aliphatic hydroxyl groups excluding tert-OH is 2. The Morgan fingerprint density at radius 1 is 0.623 bits per heavy atom. The lowest BCUT2D eigenvalue weighted by molar-refractivity contribution is -0.264. The minimum absolute atomic E-state index is 0.0834. The van der Waals surface area contributed by atoms with Crippen LogP contribution in [0.3, 0.4) is 0 Å². The average Bonchev–Trinajstić information content (AvgIpc) is 4.22. The van der Waals surface area contributed by atoms with Gasteiger partial charge in [0.2, 0.25) is 0 Å². The third-order valence-corrected chi connectivity index (χ3v) is 11.3. The number of hydrogen-bond acceptors (Lipinski definition) is 28. The molecule has 0 saturated carbocycles. The summed E-state index contributed by atoms with van der Waals surface area (Å²) >= 11 is 4.47. The van der Waals surface area contributed by atoms with Crippen LogP contribution in [-0.4, -0.2) is 193 Å². The SMILES string of the molecule is C=O.C=O.COC1C(COP(O)(O)=S)OC(n2cnc3c(N)ncnc32)C1OC.COC1CC(COO)OC1n1cnc2c(N)ncnc21.Nc1ncnc2c1ncn2C1OC(COO)C(O)C1O. The maximum atomic E-state index is 10.0. The predicted molar refractivity (Wildman–Crippen MR) is 236 cm³/mol. The Morgan fingerprint density at radius 3 is 1.51 bits per heavy atom. The van der Waals surface area contributed by atoms with Crippen molar-refractivity contribution in [3.05, 3.63) is 38.0 Å². The van der Waals surface area contributed by atoms with E-state index in [9.17, 15) is 20.0 Å². The van der Waals surface area contributed by atoms with E-state index in [0.29, 0.717) is 45.7 Å². The highest BCUT2D eigenvalue weighted by atomic mass is 32.5. The Hall–Kier alpha value is -5.56. The topological polar surface area (TPSA) is 447 Å². The normalized spacial score (nSPS) is 26.4. The molecule has 0 spiro atoms. The van der Waals surface area contributed by atoms with Crippen LogP contribution in [0.1, 0.15) is 25.1 Å². The molecule has 3 aliphatic rings. The van der Waals surface area contributed by atoms with Crippen LogP contribution >= 0.6 is 6.72 Å². The van der Waals surface area contributed by atoms with Gasteiger partial charge in [0.1, 0.15) is 105 Å². The molecule has 0 amide bonds. The van der Waals surface area contributed by atoms with E-state index in [0.717, 1.165) is 0 Å². The molecule has 6 aromatic rings. The van der Waals surface area contributed by atoms with Gasteiger partial charge in [-0.25, -0.2) is 54.6 Å². The summed E-state index contributed by atoms with van der Waals surface area (Å²) in [5.41, 5.74) is 20.0. The fourth-order valence-electron chi connectivity index (χ4n) is 7.48. The molecule has 69 heavy (non-hydrogen) atoms. The summed E-state index contributed by atoms with van der Waals surface area (Å²) in [5, 5.41) is 36.8. The van der Waals surface area contributed by atoms with Crippen molar-refractivity contribution in [2.45, 2.75) is 73.9 Å².